The van der Waals surface area contributed by atoms with Gasteiger partial charge in [0, 0.05) is 36.8 Å². The van der Waals surface area contributed by atoms with Crippen molar-refractivity contribution < 1.29 is 9.50 Å². The molecule has 0 aliphatic carbocycles. The molecule has 1 aromatic carbocycles. The van der Waals surface area contributed by atoms with Gasteiger partial charge in [0.05, 0.1) is 10.9 Å². The highest BCUT2D eigenvalue weighted by Crippen LogP contribution is 2.43. The standard InChI is InChI=1S/C17H19ClFN5OS/c1-10-20-17-24(21-10)16(25)15(26-17)14(23-8-6-22(2)7-9-23)13-11(18)4-3-5-12(13)19/h3-5,14,25H,6-9H2,1-2H3. The van der Waals surface area contributed by atoms with Crippen molar-refractivity contribution in [3.05, 3.63) is 45.3 Å². The minimum Gasteiger partial charge on any atom is -0.492 e. The molecule has 1 atom stereocenters. The Morgan fingerprint density at radius 3 is 2.65 bits per heavy atom. The van der Waals surface area contributed by atoms with Gasteiger partial charge in [0.15, 0.2) is 0 Å². The number of hydrogen-bond donors (Lipinski definition) is 1. The first kappa shape index (κ1) is 17.7. The number of piperazine rings is 1. The van der Waals surface area contributed by atoms with E-state index in [1.807, 2.05) is 0 Å². The molecule has 9 heteroatoms. The third-order valence-electron chi connectivity index (χ3n) is 4.73. The van der Waals surface area contributed by atoms with Crippen LogP contribution in [-0.4, -0.2) is 62.7 Å². The van der Waals surface area contributed by atoms with E-state index >= 15 is 0 Å². The van der Waals surface area contributed by atoms with Crippen LogP contribution in [0.1, 0.15) is 22.3 Å². The van der Waals surface area contributed by atoms with E-state index in [9.17, 15) is 9.50 Å². The van der Waals surface area contributed by atoms with Crippen LogP contribution in [0.5, 0.6) is 5.88 Å². The first-order chi connectivity index (χ1) is 12.5. The Bertz CT molecular complexity index is 930. The van der Waals surface area contributed by atoms with Gasteiger partial charge in [-0.1, -0.05) is 29.0 Å². The highest BCUT2D eigenvalue weighted by Gasteiger charge is 2.34. The number of aryl methyl sites for hydroxylation is 1. The minimum absolute atomic E-state index is 0.00570. The number of nitrogens with zero attached hydrogens (tertiary/aromatic N) is 5. The maximum atomic E-state index is 14.8. The monoisotopic (exact) mass is 395 g/mol. The molecular weight excluding hydrogens is 377 g/mol. The molecule has 1 aliphatic rings. The zero-order chi connectivity index (χ0) is 18.4. The molecule has 2 aromatic heterocycles. The van der Waals surface area contributed by atoms with Gasteiger partial charge in [0.2, 0.25) is 10.8 Å². The molecule has 0 amide bonds. The summed E-state index contributed by atoms with van der Waals surface area (Å²) >= 11 is 7.70. The molecular formula is C17H19ClFN5OS. The normalized spacial score (nSPS) is 17.8. The summed E-state index contributed by atoms with van der Waals surface area (Å²) in [7, 11) is 2.06. The van der Waals surface area contributed by atoms with Crippen LogP contribution in [0.15, 0.2) is 18.2 Å². The van der Waals surface area contributed by atoms with Crippen LogP contribution in [0.3, 0.4) is 0 Å². The number of halogens is 2. The largest absolute Gasteiger partial charge is 0.492 e. The fraction of sp³-hybridized carbons (Fsp3) is 0.412. The topological polar surface area (TPSA) is 56.9 Å². The molecule has 0 radical (unpaired) electrons. The number of benzene rings is 1. The molecule has 4 rings (SSSR count). The van der Waals surface area contributed by atoms with E-state index in [0.717, 1.165) is 26.2 Å². The first-order valence-corrected chi connectivity index (χ1v) is 9.56. The van der Waals surface area contributed by atoms with E-state index in [-0.39, 0.29) is 11.7 Å². The van der Waals surface area contributed by atoms with Gasteiger partial charge in [0.1, 0.15) is 11.6 Å². The number of thiazole rings is 1. The molecule has 0 spiro atoms. The number of fused-ring (bicyclic) bond motifs is 1. The predicted octanol–water partition coefficient (Wildman–Crippen LogP) is 2.93. The fourth-order valence-electron chi connectivity index (χ4n) is 3.36. The molecule has 3 aromatic rings. The van der Waals surface area contributed by atoms with Crippen molar-refractivity contribution in [1.82, 2.24) is 24.4 Å². The maximum Gasteiger partial charge on any atom is 0.230 e. The molecule has 3 heterocycles. The Hall–Kier alpha value is -1.74. The lowest BCUT2D eigenvalue weighted by Gasteiger charge is -2.38. The van der Waals surface area contributed by atoms with Crippen molar-refractivity contribution in [2.24, 2.45) is 0 Å². The Morgan fingerprint density at radius 2 is 2.00 bits per heavy atom. The molecule has 6 nitrogen and oxygen atoms in total. The Morgan fingerprint density at radius 1 is 1.27 bits per heavy atom. The third-order valence-corrected chi connectivity index (χ3v) is 6.13. The molecule has 1 N–H and O–H groups in total. The van der Waals surface area contributed by atoms with Crippen LogP contribution in [-0.2, 0) is 0 Å². The van der Waals surface area contributed by atoms with E-state index in [4.69, 9.17) is 11.6 Å². The van der Waals surface area contributed by atoms with Crippen molar-refractivity contribution in [2.75, 3.05) is 33.2 Å². The first-order valence-electron chi connectivity index (χ1n) is 8.37. The second-order valence-electron chi connectivity index (χ2n) is 6.52. The van der Waals surface area contributed by atoms with Crippen molar-refractivity contribution in [1.29, 1.82) is 0 Å². The molecule has 138 valence electrons. The van der Waals surface area contributed by atoms with Crippen molar-refractivity contribution in [3.8, 4) is 5.88 Å². The molecule has 0 bridgehead atoms. The van der Waals surface area contributed by atoms with Crippen LogP contribution in [0.25, 0.3) is 4.96 Å². The van der Waals surface area contributed by atoms with Crippen LogP contribution < -0.4 is 0 Å². The number of hydrogen-bond acceptors (Lipinski definition) is 6. The van der Waals surface area contributed by atoms with Crippen molar-refractivity contribution in [3.63, 3.8) is 0 Å². The van der Waals surface area contributed by atoms with Gasteiger partial charge in [0.25, 0.3) is 0 Å². The number of aromatic nitrogens is 3. The number of aromatic hydroxyl groups is 1. The van der Waals surface area contributed by atoms with Crippen molar-refractivity contribution in [2.45, 2.75) is 13.0 Å². The van der Waals surface area contributed by atoms with E-state index in [1.54, 1.807) is 19.1 Å². The summed E-state index contributed by atoms with van der Waals surface area (Å²) in [4.78, 5) is 9.90. The molecule has 1 fully saturated rings. The number of rotatable bonds is 3. The summed E-state index contributed by atoms with van der Waals surface area (Å²) in [6.07, 6.45) is 0. The lowest BCUT2D eigenvalue weighted by Crippen LogP contribution is -2.46. The summed E-state index contributed by atoms with van der Waals surface area (Å²) in [5, 5.41) is 15.3. The van der Waals surface area contributed by atoms with Crippen LogP contribution in [0.4, 0.5) is 4.39 Å². The summed E-state index contributed by atoms with van der Waals surface area (Å²) < 4.78 is 16.2. The van der Waals surface area contributed by atoms with Crippen LogP contribution >= 0.6 is 22.9 Å². The zero-order valence-electron chi connectivity index (χ0n) is 14.5. The van der Waals surface area contributed by atoms with Gasteiger partial charge < -0.3 is 10.0 Å². The van der Waals surface area contributed by atoms with Gasteiger partial charge in [-0.15, -0.1) is 5.10 Å². The summed E-state index contributed by atoms with van der Waals surface area (Å²) in [6.45, 7) is 4.99. The third kappa shape index (κ3) is 2.96. The Labute approximate surface area is 159 Å². The van der Waals surface area contributed by atoms with Crippen LogP contribution in [0, 0.1) is 12.7 Å². The van der Waals surface area contributed by atoms with E-state index in [0.29, 0.717) is 26.2 Å². The fourth-order valence-corrected chi connectivity index (χ4v) is 4.77. The summed E-state index contributed by atoms with van der Waals surface area (Å²) in [5.41, 5.74) is 0.384. The zero-order valence-corrected chi connectivity index (χ0v) is 16.1. The van der Waals surface area contributed by atoms with E-state index < -0.39 is 6.04 Å². The smallest absolute Gasteiger partial charge is 0.230 e. The van der Waals surface area contributed by atoms with Gasteiger partial charge in [-0.25, -0.2) is 9.37 Å². The van der Waals surface area contributed by atoms with E-state index in [2.05, 4.69) is 26.9 Å². The molecule has 0 saturated carbocycles. The second kappa shape index (κ2) is 6.77. The van der Waals surface area contributed by atoms with E-state index in [1.165, 1.54) is 21.9 Å². The maximum absolute atomic E-state index is 14.8. The van der Waals surface area contributed by atoms with Gasteiger partial charge >= 0.3 is 0 Å². The highest BCUT2D eigenvalue weighted by molar-refractivity contribution is 7.17. The SMILES string of the molecule is Cc1nc2sc(C(c3c(F)cccc3Cl)N3CCN(C)CC3)c(O)n2n1. The lowest BCUT2D eigenvalue weighted by molar-refractivity contribution is 0.125. The average Bonchev–Trinajstić information content (AvgIpc) is 3.10. The molecule has 1 aliphatic heterocycles. The quantitative estimate of drug-likeness (QED) is 0.739. The Kier molecular flexibility index (Phi) is 4.60. The minimum atomic E-state index is -0.480. The van der Waals surface area contributed by atoms with Crippen LogP contribution in [0.2, 0.25) is 5.02 Å². The van der Waals surface area contributed by atoms with Gasteiger partial charge in [-0.05, 0) is 26.1 Å². The van der Waals surface area contributed by atoms with Crippen molar-refractivity contribution >= 4 is 27.9 Å². The highest BCUT2D eigenvalue weighted by atomic mass is 35.5. The molecule has 26 heavy (non-hydrogen) atoms. The average molecular weight is 396 g/mol. The predicted molar refractivity (Wildman–Crippen MR) is 99.6 cm³/mol. The number of likely N-dealkylation sites (N-methyl/N-ethyl adjacent to an activating group) is 1. The lowest BCUT2D eigenvalue weighted by atomic mass is 10.0. The Balaban J connectivity index is 1.87. The summed E-state index contributed by atoms with van der Waals surface area (Å²) in [6, 6.07) is 4.20. The second-order valence-corrected chi connectivity index (χ2v) is 7.94. The summed E-state index contributed by atoms with van der Waals surface area (Å²) in [5.74, 6) is 0.197. The van der Waals surface area contributed by atoms with Gasteiger partial charge in [-0.3, -0.25) is 4.90 Å². The van der Waals surface area contributed by atoms with Gasteiger partial charge in [-0.2, -0.15) is 4.52 Å². The molecule has 1 saturated heterocycles. The molecule has 1 unspecified atom stereocenters.